The Morgan fingerprint density at radius 2 is 2.00 bits per heavy atom. The maximum atomic E-state index is 11.3. The molecule has 7 heteroatoms. The number of rotatable bonds is 2. The minimum Gasteiger partial charge on any atom is -0.398 e. The van der Waals surface area contributed by atoms with Crippen LogP contribution in [-0.4, -0.2) is 15.5 Å². The molecule has 3 N–H and O–H groups in total. The Balaban J connectivity index is 0.00000169. The predicted octanol–water partition coefficient (Wildman–Crippen LogP) is 0.887. The molecule has 1 aromatic rings. The zero-order chi connectivity index (χ0) is 10.1. The summed E-state index contributed by atoms with van der Waals surface area (Å²) in [5, 5.41) is 0. The third-order valence-corrected chi connectivity index (χ3v) is 3.40. The molecule has 0 unspecified atom stereocenters. The number of benzene rings is 1. The first kappa shape index (κ1) is 13.6. The second-order valence-corrected chi connectivity index (χ2v) is 4.80. The van der Waals surface area contributed by atoms with Gasteiger partial charge >= 0.3 is 0 Å². The quantitative estimate of drug-likeness (QED) is 0.542. The van der Waals surface area contributed by atoms with Gasteiger partial charge < -0.3 is 5.73 Å². The molecule has 1 aromatic carbocycles. The van der Waals surface area contributed by atoms with E-state index in [0.717, 1.165) is 0 Å². The predicted molar refractivity (Wildman–Crippen MR) is 61.6 cm³/mol. The standard InChI is InChI=1S/C7H10N2O2S2.ClH/c1-9-13(10,11)5-2-3-7(12)6(8)4-5;/h2-4,9,12H,8H2,1H3;1H. The van der Waals surface area contributed by atoms with Crippen LogP contribution >= 0.6 is 25.0 Å². The van der Waals surface area contributed by atoms with Gasteiger partial charge in [-0.15, -0.1) is 25.0 Å². The molecule has 1 rings (SSSR count). The molecule has 0 saturated carbocycles. The molecule has 0 radical (unpaired) electrons. The summed E-state index contributed by atoms with van der Waals surface area (Å²) >= 11 is 4.03. The van der Waals surface area contributed by atoms with Gasteiger partial charge in [-0.25, -0.2) is 13.1 Å². The topological polar surface area (TPSA) is 72.2 Å². The van der Waals surface area contributed by atoms with Crippen molar-refractivity contribution in [1.82, 2.24) is 4.72 Å². The van der Waals surface area contributed by atoms with Gasteiger partial charge in [0.25, 0.3) is 0 Å². The second-order valence-electron chi connectivity index (χ2n) is 2.43. The number of nitrogens with two attached hydrogens (primary N) is 1. The van der Waals surface area contributed by atoms with Crippen LogP contribution < -0.4 is 10.5 Å². The van der Waals surface area contributed by atoms with E-state index in [9.17, 15) is 8.42 Å². The lowest BCUT2D eigenvalue weighted by Gasteiger charge is -2.04. The highest BCUT2D eigenvalue weighted by atomic mass is 35.5. The molecule has 80 valence electrons. The van der Waals surface area contributed by atoms with Crippen molar-refractivity contribution < 1.29 is 8.42 Å². The molecule has 0 heterocycles. The fraction of sp³-hybridized carbons (Fsp3) is 0.143. The van der Waals surface area contributed by atoms with E-state index in [1.807, 2.05) is 0 Å². The van der Waals surface area contributed by atoms with E-state index in [1.165, 1.54) is 19.2 Å². The van der Waals surface area contributed by atoms with Crippen molar-refractivity contribution in [3.8, 4) is 0 Å². The van der Waals surface area contributed by atoms with Crippen LogP contribution in [0.2, 0.25) is 0 Å². The number of hydrogen-bond acceptors (Lipinski definition) is 4. The summed E-state index contributed by atoms with van der Waals surface area (Å²) < 4.78 is 24.7. The zero-order valence-electron chi connectivity index (χ0n) is 7.39. The molecule has 0 aromatic heterocycles. The van der Waals surface area contributed by atoms with E-state index in [1.54, 1.807) is 6.07 Å². The van der Waals surface area contributed by atoms with Gasteiger partial charge in [0.1, 0.15) is 0 Å². The summed E-state index contributed by atoms with van der Waals surface area (Å²) in [6, 6.07) is 4.36. The van der Waals surface area contributed by atoms with Gasteiger partial charge in [-0.1, -0.05) is 0 Å². The number of nitrogen functional groups attached to an aromatic ring is 1. The van der Waals surface area contributed by atoms with Crippen LogP contribution in [0.3, 0.4) is 0 Å². The van der Waals surface area contributed by atoms with Crippen molar-refractivity contribution in [3.05, 3.63) is 18.2 Å². The highest BCUT2D eigenvalue weighted by Crippen LogP contribution is 2.20. The lowest BCUT2D eigenvalue weighted by atomic mass is 10.3. The van der Waals surface area contributed by atoms with Gasteiger partial charge in [-0.3, -0.25) is 0 Å². The van der Waals surface area contributed by atoms with E-state index in [2.05, 4.69) is 17.4 Å². The largest absolute Gasteiger partial charge is 0.398 e. The van der Waals surface area contributed by atoms with E-state index >= 15 is 0 Å². The number of anilines is 1. The van der Waals surface area contributed by atoms with Crippen LogP contribution in [0.5, 0.6) is 0 Å². The lowest BCUT2D eigenvalue weighted by Crippen LogP contribution is -2.18. The molecule has 0 atom stereocenters. The number of nitrogens with one attached hydrogen (secondary N) is 1. The maximum absolute atomic E-state index is 11.3. The first-order valence-corrected chi connectivity index (χ1v) is 5.42. The molecule has 4 nitrogen and oxygen atoms in total. The third kappa shape index (κ3) is 2.78. The first-order chi connectivity index (χ1) is 5.97. The van der Waals surface area contributed by atoms with Crippen molar-refractivity contribution in [3.63, 3.8) is 0 Å². The molecule has 0 bridgehead atoms. The van der Waals surface area contributed by atoms with Crippen molar-refractivity contribution in [2.45, 2.75) is 9.79 Å². The summed E-state index contributed by atoms with van der Waals surface area (Å²) in [5.41, 5.74) is 5.85. The third-order valence-electron chi connectivity index (χ3n) is 1.58. The summed E-state index contributed by atoms with van der Waals surface area (Å²) in [6.07, 6.45) is 0. The van der Waals surface area contributed by atoms with Crippen molar-refractivity contribution in [2.24, 2.45) is 0 Å². The normalized spacial score (nSPS) is 10.7. The van der Waals surface area contributed by atoms with Crippen LogP contribution in [0, 0.1) is 0 Å². The fourth-order valence-corrected chi connectivity index (χ4v) is 1.72. The molecule has 0 aliphatic heterocycles. The first-order valence-electron chi connectivity index (χ1n) is 3.49. The highest BCUT2D eigenvalue weighted by molar-refractivity contribution is 7.89. The number of thiol groups is 1. The van der Waals surface area contributed by atoms with E-state index in [0.29, 0.717) is 10.6 Å². The smallest absolute Gasteiger partial charge is 0.240 e. The molecular formula is C7H11ClN2O2S2. The van der Waals surface area contributed by atoms with E-state index in [4.69, 9.17) is 5.73 Å². The molecule has 0 aliphatic rings. The second kappa shape index (κ2) is 4.88. The Hall–Kier alpha value is -0.430. The maximum Gasteiger partial charge on any atom is 0.240 e. The molecule has 0 aliphatic carbocycles. The summed E-state index contributed by atoms with van der Waals surface area (Å²) in [7, 11) is -2.05. The molecular weight excluding hydrogens is 244 g/mol. The Morgan fingerprint density at radius 1 is 1.43 bits per heavy atom. The molecule has 0 saturated heterocycles. The number of hydrogen-bond donors (Lipinski definition) is 3. The Morgan fingerprint density at radius 3 is 2.43 bits per heavy atom. The van der Waals surface area contributed by atoms with Gasteiger partial charge in [0, 0.05) is 10.6 Å². The molecule has 0 spiro atoms. The van der Waals surface area contributed by atoms with E-state index in [-0.39, 0.29) is 17.3 Å². The van der Waals surface area contributed by atoms with Gasteiger partial charge in [0.15, 0.2) is 0 Å². The lowest BCUT2D eigenvalue weighted by molar-refractivity contribution is 0.588. The van der Waals surface area contributed by atoms with Crippen LogP contribution in [0.4, 0.5) is 5.69 Å². The minimum absolute atomic E-state index is 0. The monoisotopic (exact) mass is 254 g/mol. The van der Waals surface area contributed by atoms with Crippen LogP contribution in [0.1, 0.15) is 0 Å². The van der Waals surface area contributed by atoms with Gasteiger partial charge in [0.2, 0.25) is 10.0 Å². The minimum atomic E-state index is -3.40. The molecule has 0 amide bonds. The van der Waals surface area contributed by atoms with Gasteiger partial charge in [0.05, 0.1) is 4.90 Å². The Bertz CT molecular complexity index is 420. The average molecular weight is 255 g/mol. The van der Waals surface area contributed by atoms with Gasteiger partial charge in [-0.05, 0) is 25.2 Å². The van der Waals surface area contributed by atoms with Crippen molar-refractivity contribution >= 4 is 40.7 Å². The summed E-state index contributed by atoms with van der Waals surface area (Å²) in [4.78, 5) is 0.709. The van der Waals surface area contributed by atoms with Crippen molar-refractivity contribution in [2.75, 3.05) is 12.8 Å². The molecule has 0 fully saturated rings. The summed E-state index contributed by atoms with van der Waals surface area (Å²) in [5.74, 6) is 0. The SMILES string of the molecule is CNS(=O)(=O)c1ccc(S)c(N)c1.Cl. The highest BCUT2D eigenvalue weighted by Gasteiger charge is 2.11. The summed E-state index contributed by atoms with van der Waals surface area (Å²) in [6.45, 7) is 0. The number of halogens is 1. The van der Waals surface area contributed by atoms with Crippen molar-refractivity contribution in [1.29, 1.82) is 0 Å². The Labute approximate surface area is 94.8 Å². The van der Waals surface area contributed by atoms with Crippen LogP contribution in [0.25, 0.3) is 0 Å². The zero-order valence-corrected chi connectivity index (χ0v) is 9.92. The fourth-order valence-electron chi connectivity index (χ4n) is 0.818. The average Bonchev–Trinajstić information content (AvgIpc) is 2.09. The Kier molecular flexibility index (Phi) is 4.73. The molecule has 14 heavy (non-hydrogen) atoms. The van der Waals surface area contributed by atoms with Gasteiger partial charge in [-0.2, -0.15) is 0 Å². The van der Waals surface area contributed by atoms with Crippen LogP contribution in [-0.2, 0) is 10.0 Å². The number of sulfonamides is 1. The van der Waals surface area contributed by atoms with Crippen LogP contribution in [0.15, 0.2) is 28.0 Å². The van der Waals surface area contributed by atoms with E-state index < -0.39 is 10.0 Å².